The van der Waals surface area contributed by atoms with Crippen LogP contribution in [0.2, 0.25) is 0 Å². The first-order chi connectivity index (χ1) is 14.0. The van der Waals surface area contributed by atoms with Gasteiger partial charge in [-0.3, -0.25) is 9.69 Å². The van der Waals surface area contributed by atoms with Crippen LogP contribution in [-0.2, 0) is 6.42 Å². The van der Waals surface area contributed by atoms with Gasteiger partial charge in [0, 0.05) is 29.2 Å². The first-order valence-electron chi connectivity index (χ1n) is 11.0. The average molecular weight is 390 g/mol. The number of hydrogen-bond donors (Lipinski definition) is 0. The second-order valence-electron chi connectivity index (χ2n) is 9.54. The normalized spacial score (nSPS) is 33.7. The van der Waals surface area contributed by atoms with Crippen molar-refractivity contribution in [2.75, 3.05) is 7.05 Å². The van der Waals surface area contributed by atoms with Crippen LogP contribution in [-0.4, -0.2) is 51.9 Å². The van der Waals surface area contributed by atoms with Gasteiger partial charge in [-0.15, -0.1) is 0 Å². The number of nitrogens with zero attached hydrogens (tertiary/aromatic N) is 3. The van der Waals surface area contributed by atoms with E-state index in [0.717, 1.165) is 18.5 Å². The van der Waals surface area contributed by atoms with Gasteiger partial charge < -0.3 is 4.90 Å². The predicted molar refractivity (Wildman–Crippen MR) is 115 cm³/mol. The molecule has 2 saturated heterocycles. The van der Waals surface area contributed by atoms with E-state index in [1.54, 1.807) is 0 Å². The molecule has 3 aliphatic rings. The smallest absolute Gasteiger partial charge is 0.273 e. The van der Waals surface area contributed by atoms with E-state index in [1.807, 2.05) is 25.1 Å². The van der Waals surface area contributed by atoms with Crippen LogP contribution >= 0.6 is 0 Å². The lowest BCUT2D eigenvalue weighted by Gasteiger charge is -2.53. The van der Waals surface area contributed by atoms with E-state index in [-0.39, 0.29) is 17.4 Å². The molecule has 1 aromatic carbocycles. The molecule has 3 fully saturated rings. The molecular formula is C25H31N3O. The maximum atomic E-state index is 13.9. The summed E-state index contributed by atoms with van der Waals surface area (Å²) in [5.41, 5.74) is 2.99. The molecular weight excluding hydrogens is 358 g/mol. The largest absolute Gasteiger partial charge is 0.329 e. The Morgan fingerprint density at radius 1 is 1.10 bits per heavy atom. The van der Waals surface area contributed by atoms with E-state index in [9.17, 15) is 4.79 Å². The Balaban J connectivity index is 1.59. The lowest BCUT2D eigenvalue weighted by Crippen LogP contribution is -2.62. The van der Waals surface area contributed by atoms with Crippen LogP contribution in [0.3, 0.4) is 0 Å². The van der Waals surface area contributed by atoms with Crippen LogP contribution in [0.5, 0.6) is 0 Å². The summed E-state index contributed by atoms with van der Waals surface area (Å²) < 4.78 is 0. The molecule has 1 aliphatic carbocycles. The molecule has 2 bridgehead atoms. The van der Waals surface area contributed by atoms with Crippen LogP contribution < -0.4 is 0 Å². The lowest BCUT2D eigenvalue weighted by molar-refractivity contribution is -0.0115. The highest BCUT2D eigenvalue weighted by molar-refractivity contribution is 5.93. The van der Waals surface area contributed by atoms with Gasteiger partial charge in [0.05, 0.1) is 6.04 Å². The van der Waals surface area contributed by atoms with Crippen molar-refractivity contribution in [3.8, 4) is 0 Å². The Morgan fingerprint density at radius 3 is 2.62 bits per heavy atom. The van der Waals surface area contributed by atoms with Crippen molar-refractivity contribution in [3.05, 3.63) is 65.5 Å². The van der Waals surface area contributed by atoms with Gasteiger partial charge in [-0.05, 0) is 63.8 Å². The second-order valence-corrected chi connectivity index (χ2v) is 9.54. The zero-order chi connectivity index (χ0) is 20.2. The summed E-state index contributed by atoms with van der Waals surface area (Å²) in [4.78, 5) is 23.3. The van der Waals surface area contributed by atoms with Gasteiger partial charge in [0.1, 0.15) is 5.69 Å². The molecule has 0 spiro atoms. The number of aromatic nitrogens is 1. The maximum absolute atomic E-state index is 13.9. The van der Waals surface area contributed by atoms with E-state index >= 15 is 0 Å². The maximum Gasteiger partial charge on any atom is 0.273 e. The van der Waals surface area contributed by atoms with Gasteiger partial charge in [0.25, 0.3) is 5.91 Å². The topological polar surface area (TPSA) is 36.4 Å². The third-order valence-electron chi connectivity index (χ3n) is 7.91. The van der Waals surface area contributed by atoms with Gasteiger partial charge in [-0.2, -0.15) is 0 Å². The Hall–Kier alpha value is -2.20. The van der Waals surface area contributed by atoms with Gasteiger partial charge in [-0.25, -0.2) is 4.98 Å². The minimum atomic E-state index is 0.117. The fourth-order valence-corrected chi connectivity index (χ4v) is 6.61. The molecule has 1 amide bonds. The molecule has 2 aliphatic heterocycles. The Bertz CT molecular complexity index is 913. The quantitative estimate of drug-likeness (QED) is 0.793. The molecule has 4 nitrogen and oxygen atoms in total. The number of likely N-dealkylation sites (tertiary alicyclic amines) is 2. The molecule has 0 N–H and O–H groups in total. The van der Waals surface area contributed by atoms with E-state index in [1.165, 1.54) is 24.8 Å². The molecule has 4 heteroatoms. The Labute approximate surface area is 173 Å². The fraction of sp³-hybridized carbons (Fsp3) is 0.520. The van der Waals surface area contributed by atoms with E-state index in [0.29, 0.717) is 23.8 Å². The van der Waals surface area contributed by atoms with E-state index in [2.05, 4.69) is 59.1 Å². The lowest BCUT2D eigenvalue weighted by atomic mass is 9.64. The minimum absolute atomic E-state index is 0.117. The number of amides is 1. The number of piperidine rings is 1. The predicted octanol–water partition coefficient (Wildman–Crippen LogP) is 4.09. The highest BCUT2D eigenvalue weighted by atomic mass is 16.2. The van der Waals surface area contributed by atoms with Crippen molar-refractivity contribution in [3.63, 3.8) is 0 Å². The number of benzene rings is 1. The standard InChI is InChI=1S/C25H31N3O/c1-17-9-7-12-19(26-17)24(29)28-20(15-18-10-5-4-6-11-18)21-16-25(2)22(27(21)3)13-8-14-23(25)28/h4-7,9-12,20-23H,8,13-16H2,1-3H3/t20-,21-,22-,23+,25-/m0/s1. The third-order valence-corrected chi connectivity index (χ3v) is 7.91. The molecule has 1 saturated carbocycles. The molecule has 3 heterocycles. The summed E-state index contributed by atoms with van der Waals surface area (Å²) in [5.74, 6) is 0.117. The van der Waals surface area contributed by atoms with Gasteiger partial charge in [0.2, 0.25) is 0 Å². The highest BCUT2D eigenvalue weighted by Gasteiger charge is 2.62. The van der Waals surface area contributed by atoms with E-state index in [4.69, 9.17) is 0 Å². The van der Waals surface area contributed by atoms with Crippen LogP contribution in [0.25, 0.3) is 0 Å². The number of aryl methyl sites for hydroxylation is 1. The number of rotatable bonds is 3. The number of pyridine rings is 1. The molecule has 152 valence electrons. The summed E-state index contributed by atoms with van der Waals surface area (Å²) in [6.07, 6.45) is 5.66. The SMILES string of the molecule is Cc1cccc(C(=O)N2[C@@H](Cc3ccccc3)[C@@H]3C[C@@]4(C)[C@H](CCC[C@@H]24)N3C)n1. The Kier molecular flexibility index (Phi) is 4.50. The first-order valence-corrected chi connectivity index (χ1v) is 11.0. The molecule has 0 radical (unpaired) electrons. The molecule has 5 atom stereocenters. The summed E-state index contributed by atoms with van der Waals surface area (Å²) in [6.45, 7) is 4.39. The number of carbonyl (C=O) groups excluding carboxylic acids is 1. The Morgan fingerprint density at radius 2 is 1.86 bits per heavy atom. The molecule has 1 aromatic heterocycles. The van der Waals surface area contributed by atoms with Crippen molar-refractivity contribution >= 4 is 5.91 Å². The fourth-order valence-electron chi connectivity index (χ4n) is 6.61. The zero-order valence-electron chi connectivity index (χ0n) is 17.7. The number of fused-ring (bicyclic) bond motifs is 1. The summed E-state index contributed by atoms with van der Waals surface area (Å²) in [5, 5.41) is 0. The summed E-state index contributed by atoms with van der Waals surface area (Å²) in [6, 6.07) is 18.0. The van der Waals surface area contributed by atoms with Crippen molar-refractivity contribution in [1.29, 1.82) is 0 Å². The first kappa shape index (κ1) is 18.8. The van der Waals surface area contributed by atoms with Crippen LogP contribution in [0.15, 0.2) is 48.5 Å². The van der Waals surface area contributed by atoms with Crippen molar-refractivity contribution < 1.29 is 4.79 Å². The van der Waals surface area contributed by atoms with Crippen molar-refractivity contribution in [2.24, 2.45) is 5.41 Å². The number of hydrogen-bond acceptors (Lipinski definition) is 3. The van der Waals surface area contributed by atoms with Crippen LogP contribution in [0, 0.1) is 12.3 Å². The average Bonchev–Trinajstić information content (AvgIpc) is 2.99. The molecule has 5 rings (SSSR count). The second kappa shape index (κ2) is 6.94. The van der Waals surface area contributed by atoms with Gasteiger partial charge >= 0.3 is 0 Å². The third kappa shape index (κ3) is 2.92. The minimum Gasteiger partial charge on any atom is -0.329 e. The van der Waals surface area contributed by atoms with Crippen LogP contribution in [0.1, 0.15) is 54.4 Å². The zero-order valence-corrected chi connectivity index (χ0v) is 17.7. The molecule has 29 heavy (non-hydrogen) atoms. The van der Waals surface area contributed by atoms with Crippen LogP contribution in [0.4, 0.5) is 0 Å². The van der Waals surface area contributed by atoms with Crippen molar-refractivity contribution in [2.45, 2.75) is 70.1 Å². The number of likely N-dealkylation sites (N-methyl/N-ethyl adjacent to an activating group) is 1. The molecule has 0 unspecified atom stereocenters. The molecule has 2 aromatic rings. The number of carbonyl (C=O) groups is 1. The van der Waals surface area contributed by atoms with Crippen molar-refractivity contribution in [1.82, 2.24) is 14.8 Å². The van der Waals surface area contributed by atoms with E-state index < -0.39 is 0 Å². The highest BCUT2D eigenvalue weighted by Crippen LogP contribution is 2.56. The summed E-state index contributed by atoms with van der Waals surface area (Å²) in [7, 11) is 2.29. The van der Waals surface area contributed by atoms with Gasteiger partial charge in [-0.1, -0.05) is 43.3 Å². The summed E-state index contributed by atoms with van der Waals surface area (Å²) >= 11 is 0. The monoisotopic (exact) mass is 389 g/mol. The van der Waals surface area contributed by atoms with Gasteiger partial charge in [0.15, 0.2) is 0 Å².